The van der Waals surface area contributed by atoms with E-state index in [0.29, 0.717) is 38.5 Å². The number of aryl methyl sites for hydroxylation is 1. The van der Waals surface area contributed by atoms with E-state index in [1.165, 1.54) is 66.6 Å². The number of carbonyl (C=O) groups is 2. The summed E-state index contributed by atoms with van der Waals surface area (Å²) in [7, 11) is 2.84. The molecular formula is C39H37F3N6O6. The highest BCUT2D eigenvalue weighted by molar-refractivity contribution is 6.12. The lowest BCUT2D eigenvalue weighted by Crippen LogP contribution is -2.52. The number of halogens is 3. The van der Waals surface area contributed by atoms with Crippen LogP contribution in [0, 0.1) is 0 Å². The summed E-state index contributed by atoms with van der Waals surface area (Å²) in [5.41, 5.74) is 0.932. The van der Waals surface area contributed by atoms with Crippen LogP contribution >= 0.6 is 0 Å². The molecule has 15 heteroatoms. The number of benzene rings is 3. The van der Waals surface area contributed by atoms with Gasteiger partial charge in [-0.25, -0.2) is 0 Å². The Balaban J connectivity index is 1.25. The summed E-state index contributed by atoms with van der Waals surface area (Å²) in [6.07, 6.45) is -1.52. The number of morpholine rings is 1. The Morgan fingerprint density at radius 1 is 0.926 bits per heavy atom. The Kier molecular flexibility index (Phi) is 9.06. The van der Waals surface area contributed by atoms with Gasteiger partial charge in [-0.3, -0.25) is 24.1 Å². The van der Waals surface area contributed by atoms with E-state index in [-0.39, 0.29) is 58.4 Å². The van der Waals surface area contributed by atoms with Crippen LogP contribution in [0.15, 0.2) is 79.1 Å². The maximum Gasteiger partial charge on any atom is 0.432 e. The van der Waals surface area contributed by atoms with Gasteiger partial charge in [-0.1, -0.05) is 24.3 Å². The van der Waals surface area contributed by atoms with Crippen molar-refractivity contribution in [1.82, 2.24) is 24.1 Å². The molecule has 1 fully saturated rings. The largest absolute Gasteiger partial charge is 0.508 e. The fraction of sp³-hybridized carbons (Fsp3) is 0.308. The average Bonchev–Trinajstić information content (AvgIpc) is 3.89. The van der Waals surface area contributed by atoms with E-state index in [9.17, 15) is 14.7 Å². The first kappa shape index (κ1) is 35.2. The van der Waals surface area contributed by atoms with Gasteiger partial charge in [0.05, 0.1) is 36.2 Å². The van der Waals surface area contributed by atoms with Crippen molar-refractivity contribution in [3.05, 3.63) is 107 Å². The molecule has 0 saturated carbocycles. The number of phenols is 1. The van der Waals surface area contributed by atoms with Crippen molar-refractivity contribution >= 4 is 23.2 Å². The first-order valence-electron chi connectivity index (χ1n) is 17.5. The number of fused-ring (bicyclic) bond motifs is 2. The third-order valence-corrected chi connectivity index (χ3v) is 10.2. The van der Waals surface area contributed by atoms with Crippen molar-refractivity contribution in [2.45, 2.75) is 25.2 Å². The number of nitrogens with zero attached hydrogens (tertiary/aromatic N) is 6. The topological polar surface area (TPSA) is 115 Å². The normalized spacial score (nSPS) is 17.1. The van der Waals surface area contributed by atoms with Gasteiger partial charge in [0.1, 0.15) is 11.4 Å². The van der Waals surface area contributed by atoms with E-state index in [1.807, 2.05) is 18.2 Å². The molecule has 5 aromatic rings. The van der Waals surface area contributed by atoms with Gasteiger partial charge in [0.2, 0.25) is 6.79 Å². The molecule has 0 bridgehead atoms. The summed E-state index contributed by atoms with van der Waals surface area (Å²) in [4.78, 5) is 34.6. The molecule has 2 amide bonds. The van der Waals surface area contributed by atoms with Gasteiger partial charge >= 0.3 is 6.18 Å². The number of alkyl halides is 3. The van der Waals surface area contributed by atoms with Crippen molar-refractivity contribution in [1.29, 1.82) is 0 Å². The summed E-state index contributed by atoms with van der Waals surface area (Å²) in [5, 5.41) is 14.1. The van der Waals surface area contributed by atoms with Gasteiger partial charge in [0, 0.05) is 69.5 Å². The summed E-state index contributed by atoms with van der Waals surface area (Å²) in [5.74, 6) is -0.908. The Morgan fingerprint density at radius 3 is 2.31 bits per heavy atom. The minimum absolute atomic E-state index is 0.0219. The number of anilines is 2. The molecule has 0 spiro atoms. The second-order valence-electron chi connectivity index (χ2n) is 13.6. The number of ether oxygens (including phenoxy) is 3. The van der Waals surface area contributed by atoms with Crippen LogP contribution in [0.3, 0.4) is 0 Å². The SMILES string of the molecule is Cn1cc(N(C(=O)c2cc(-c3cc4c(cc3C(=O)N3Cc5ccccc5C[C@H]3CN3CCOCC3)OCO4)n(C)c2C(F)(F)F)c2ccc(O)cc2)cn1. The lowest BCUT2D eigenvalue weighted by molar-refractivity contribution is -0.143. The molecule has 0 aliphatic carbocycles. The molecule has 8 rings (SSSR count). The number of hydrogen-bond donors (Lipinski definition) is 1. The van der Waals surface area contributed by atoms with Gasteiger partial charge in [0.15, 0.2) is 11.5 Å². The van der Waals surface area contributed by atoms with Gasteiger partial charge < -0.3 is 28.8 Å². The molecule has 1 N–H and O–H groups in total. The molecule has 3 aliphatic heterocycles. The third-order valence-electron chi connectivity index (χ3n) is 10.2. The smallest absolute Gasteiger partial charge is 0.432 e. The summed E-state index contributed by atoms with van der Waals surface area (Å²) in [6.45, 7) is 3.38. The first-order valence-corrected chi connectivity index (χ1v) is 17.5. The summed E-state index contributed by atoms with van der Waals surface area (Å²) >= 11 is 0. The predicted octanol–water partition coefficient (Wildman–Crippen LogP) is 5.76. The molecule has 1 saturated heterocycles. The molecular weight excluding hydrogens is 705 g/mol. The van der Waals surface area contributed by atoms with Crippen LogP contribution in [0.25, 0.3) is 11.3 Å². The second-order valence-corrected chi connectivity index (χ2v) is 13.6. The van der Waals surface area contributed by atoms with Crippen LogP contribution in [0.4, 0.5) is 24.5 Å². The standard InChI is InChI=1S/C39H37F3N6O6/c1-44-21-28(19-43-44)48(26-7-9-29(49)10-8-26)38(51)32-16-33(45(2)36(32)39(40,41)42)30-17-34-35(54-23-53-34)18-31(30)37(50)47-20-25-6-4-3-5-24(25)15-27(47)22-46-11-13-52-14-12-46/h3-10,16-19,21,27,49H,11-15,20,22-23H2,1-2H3/t27-/m0/s1. The monoisotopic (exact) mass is 742 g/mol. The third kappa shape index (κ3) is 6.53. The molecule has 1 atom stereocenters. The summed E-state index contributed by atoms with van der Waals surface area (Å²) in [6, 6.07) is 17.4. The minimum atomic E-state index is -4.98. The van der Waals surface area contributed by atoms with E-state index in [1.54, 1.807) is 11.9 Å². The van der Waals surface area contributed by atoms with Gasteiger partial charge in [-0.2, -0.15) is 18.3 Å². The second kappa shape index (κ2) is 13.9. The Labute approximate surface area is 308 Å². The van der Waals surface area contributed by atoms with Crippen molar-refractivity contribution in [2.24, 2.45) is 14.1 Å². The van der Waals surface area contributed by atoms with E-state index in [0.717, 1.165) is 33.7 Å². The number of aromatic hydroxyl groups is 1. The van der Waals surface area contributed by atoms with Crippen molar-refractivity contribution in [3.63, 3.8) is 0 Å². The zero-order valence-electron chi connectivity index (χ0n) is 29.5. The van der Waals surface area contributed by atoms with Crippen molar-refractivity contribution in [2.75, 3.05) is 44.5 Å². The molecule has 280 valence electrons. The number of rotatable bonds is 7. The quantitative estimate of drug-likeness (QED) is 0.224. The molecule has 3 aliphatic rings. The van der Waals surface area contributed by atoms with Crippen LogP contribution in [0.1, 0.15) is 37.5 Å². The molecule has 0 unspecified atom stereocenters. The predicted molar refractivity (Wildman–Crippen MR) is 191 cm³/mol. The highest BCUT2D eigenvalue weighted by Crippen LogP contribution is 2.44. The van der Waals surface area contributed by atoms with Crippen LogP contribution in [0.2, 0.25) is 0 Å². The van der Waals surface area contributed by atoms with Gasteiger partial charge in [-0.05, 0) is 60.0 Å². The minimum Gasteiger partial charge on any atom is -0.508 e. The lowest BCUT2D eigenvalue weighted by atomic mass is 9.92. The van der Waals surface area contributed by atoms with Crippen LogP contribution in [-0.4, -0.2) is 86.8 Å². The van der Waals surface area contributed by atoms with Crippen molar-refractivity contribution < 1.29 is 42.1 Å². The van der Waals surface area contributed by atoms with Gasteiger partial charge in [-0.15, -0.1) is 0 Å². The first-order chi connectivity index (χ1) is 26.0. The fourth-order valence-electron chi connectivity index (χ4n) is 7.55. The number of phenolic OH excluding ortho intramolecular Hbond substituents is 1. The maximum absolute atomic E-state index is 15.1. The Bertz CT molecular complexity index is 2230. The Morgan fingerprint density at radius 2 is 1.63 bits per heavy atom. The van der Waals surface area contributed by atoms with Crippen LogP contribution in [0.5, 0.6) is 17.2 Å². The van der Waals surface area contributed by atoms with Gasteiger partial charge in [0.25, 0.3) is 11.8 Å². The summed E-state index contributed by atoms with van der Waals surface area (Å²) < 4.78 is 64.6. The zero-order chi connectivity index (χ0) is 37.7. The number of aromatic nitrogens is 3. The maximum atomic E-state index is 15.1. The zero-order valence-corrected chi connectivity index (χ0v) is 29.5. The van der Waals surface area contributed by atoms with E-state index >= 15 is 13.2 Å². The fourth-order valence-corrected chi connectivity index (χ4v) is 7.55. The van der Waals surface area contributed by atoms with E-state index < -0.39 is 23.3 Å². The van der Waals surface area contributed by atoms with E-state index in [4.69, 9.17) is 14.2 Å². The van der Waals surface area contributed by atoms with Crippen LogP contribution in [-0.2, 0) is 38.0 Å². The lowest BCUT2D eigenvalue weighted by Gasteiger charge is -2.40. The number of carbonyl (C=O) groups excluding carboxylic acids is 2. The molecule has 54 heavy (non-hydrogen) atoms. The number of hydrogen-bond acceptors (Lipinski definition) is 8. The van der Waals surface area contributed by atoms with Crippen molar-refractivity contribution in [3.8, 4) is 28.5 Å². The highest BCUT2D eigenvalue weighted by Gasteiger charge is 2.42. The molecule has 3 aromatic carbocycles. The Hall–Kier alpha value is -5.80. The highest BCUT2D eigenvalue weighted by atomic mass is 19.4. The number of amides is 2. The molecule has 2 aromatic heterocycles. The molecule has 0 radical (unpaired) electrons. The molecule has 12 nitrogen and oxygen atoms in total. The van der Waals surface area contributed by atoms with Crippen LogP contribution < -0.4 is 14.4 Å². The molecule has 5 heterocycles. The van der Waals surface area contributed by atoms with E-state index in [2.05, 4.69) is 16.1 Å². The average molecular weight is 743 g/mol.